The molecule has 0 aromatic rings. The first-order chi connectivity index (χ1) is 6.12. The molecule has 0 aromatic carbocycles. The Labute approximate surface area is 79.5 Å². The lowest BCUT2D eigenvalue weighted by atomic mass is 9.91. The average molecular weight is 185 g/mol. The first kappa shape index (κ1) is 10.5. The number of carbonyl (C=O) groups is 1. The quantitative estimate of drug-likeness (QED) is 0.700. The second-order valence-corrected chi connectivity index (χ2v) is 4.12. The molecule has 0 spiro atoms. The summed E-state index contributed by atoms with van der Waals surface area (Å²) in [6.07, 6.45) is 4.63. The Bertz CT molecular complexity index is 193. The van der Waals surface area contributed by atoms with Crippen LogP contribution in [0.3, 0.4) is 0 Å². The average Bonchev–Trinajstić information content (AvgIpc) is 2.48. The van der Waals surface area contributed by atoms with Gasteiger partial charge in [-0.1, -0.05) is 13.3 Å². The zero-order valence-electron chi connectivity index (χ0n) is 8.47. The van der Waals surface area contributed by atoms with Crippen LogP contribution in [0.5, 0.6) is 0 Å². The summed E-state index contributed by atoms with van der Waals surface area (Å²) in [5, 5.41) is 12.0. The zero-order valence-corrected chi connectivity index (χ0v) is 8.47. The Hall–Kier alpha value is -0.570. The molecule has 2 unspecified atom stereocenters. The van der Waals surface area contributed by atoms with Gasteiger partial charge in [0.15, 0.2) is 0 Å². The number of rotatable bonds is 4. The molecule has 1 aliphatic carbocycles. The van der Waals surface area contributed by atoms with E-state index in [0.717, 1.165) is 12.8 Å². The van der Waals surface area contributed by atoms with Crippen LogP contribution >= 0.6 is 0 Å². The van der Waals surface area contributed by atoms with E-state index in [-0.39, 0.29) is 12.0 Å². The predicted octanol–water partition coefficient (Wildman–Crippen LogP) is 1.63. The highest BCUT2D eigenvalue weighted by Crippen LogP contribution is 2.38. The fraction of sp³-hybridized carbons (Fsp3) is 0.900. The van der Waals surface area contributed by atoms with E-state index in [4.69, 9.17) is 5.11 Å². The second kappa shape index (κ2) is 4.09. The minimum Gasteiger partial charge on any atom is -0.481 e. The molecular formula is C10H19NO2. The molecule has 0 amide bonds. The molecule has 76 valence electrons. The molecule has 1 fully saturated rings. The molecule has 2 atom stereocenters. The van der Waals surface area contributed by atoms with Crippen LogP contribution in [0.15, 0.2) is 0 Å². The largest absolute Gasteiger partial charge is 0.481 e. The van der Waals surface area contributed by atoms with Gasteiger partial charge in [0, 0.05) is 5.54 Å². The van der Waals surface area contributed by atoms with Gasteiger partial charge in [-0.25, -0.2) is 0 Å². The minimum atomic E-state index is -0.689. The van der Waals surface area contributed by atoms with Gasteiger partial charge in [-0.15, -0.1) is 0 Å². The van der Waals surface area contributed by atoms with E-state index in [9.17, 15) is 4.79 Å². The molecule has 1 saturated carbocycles. The maximum absolute atomic E-state index is 10.7. The first-order valence-electron chi connectivity index (χ1n) is 5.02. The maximum atomic E-state index is 10.7. The van der Waals surface area contributed by atoms with E-state index in [2.05, 4.69) is 12.2 Å². The van der Waals surface area contributed by atoms with Crippen molar-refractivity contribution in [3.63, 3.8) is 0 Å². The highest BCUT2D eigenvalue weighted by Gasteiger charge is 2.38. The van der Waals surface area contributed by atoms with Crippen molar-refractivity contribution in [3.05, 3.63) is 0 Å². The van der Waals surface area contributed by atoms with Crippen LogP contribution in [0.4, 0.5) is 0 Å². The summed E-state index contributed by atoms with van der Waals surface area (Å²) in [6, 6.07) is 0. The second-order valence-electron chi connectivity index (χ2n) is 4.12. The van der Waals surface area contributed by atoms with Crippen LogP contribution in [-0.4, -0.2) is 23.7 Å². The van der Waals surface area contributed by atoms with Gasteiger partial charge in [0.05, 0.1) is 6.42 Å². The van der Waals surface area contributed by atoms with Crippen molar-refractivity contribution < 1.29 is 9.90 Å². The lowest BCUT2D eigenvalue weighted by Gasteiger charge is -2.27. The van der Waals surface area contributed by atoms with Crippen molar-refractivity contribution in [3.8, 4) is 0 Å². The van der Waals surface area contributed by atoms with Crippen LogP contribution in [0.2, 0.25) is 0 Å². The molecule has 0 aliphatic heterocycles. The highest BCUT2D eigenvalue weighted by atomic mass is 16.4. The molecule has 0 heterocycles. The van der Waals surface area contributed by atoms with Gasteiger partial charge in [0.25, 0.3) is 0 Å². The van der Waals surface area contributed by atoms with Crippen molar-refractivity contribution >= 4 is 5.97 Å². The number of hydrogen-bond acceptors (Lipinski definition) is 2. The minimum absolute atomic E-state index is 0.119. The zero-order chi connectivity index (χ0) is 9.90. The summed E-state index contributed by atoms with van der Waals surface area (Å²) in [6.45, 7) is 2.18. The predicted molar refractivity (Wildman–Crippen MR) is 51.7 cm³/mol. The summed E-state index contributed by atoms with van der Waals surface area (Å²) in [5.41, 5.74) is -0.119. The summed E-state index contributed by atoms with van der Waals surface area (Å²) in [5.74, 6) is 0.0258. The standard InChI is InChI=1S/C10H19NO2/c1-3-8-4-5-10(6-8,11-2)7-9(12)13/h8,11H,3-7H2,1-2H3,(H,12,13). The van der Waals surface area contributed by atoms with Gasteiger partial charge in [-0.05, 0) is 32.2 Å². The summed E-state index contributed by atoms with van der Waals surface area (Å²) < 4.78 is 0. The van der Waals surface area contributed by atoms with Crippen molar-refractivity contribution in [1.29, 1.82) is 0 Å². The number of carboxylic acid groups (broad SMARTS) is 1. The SMILES string of the molecule is CCC1CCC(CC(=O)O)(NC)C1. The Balaban J connectivity index is 2.57. The number of aliphatic carboxylic acids is 1. The lowest BCUT2D eigenvalue weighted by Crippen LogP contribution is -2.42. The fourth-order valence-electron chi connectivity index (χ4n) is 2.35. The maximum Gasteiger partial charge on any atom is 0.305 e. The molecule has 0 aromatic heterocycles. The van der Waals surface area contributed by atoms with Gasteiger partial charge in [0.2, 0.25) is 0 Å². The van der Waals surface area contributed by atoms with E-state index >= 15 is 0 Å². The van der Waals surface area contributed by atoms with Crippen molar-refractivity contribution in [2.75, 3.05) is 7.05 Å². The molecule has 1 aliphatic rings. The van der Waals surface area contributed by atoms with E-state index in [1.165, 1.54) is 12.8 Å². The van der Waals surface area contributed by atoms with Gasteiger partial charge >= 0.3 is 5.97 Å². The van der Waals surface area contributed by atoms with Gasteiger partial charge in [0.1, 0.15) is 0 Å². The molecule has 0 radical (unpaired) electrons. The number of nitrogens with one attached hydrogen (secondary N) is 1. The molecule has 3 heteroatoms. The monoisotopic (exact) mass is 185 g/mol. The van der Waals surface area contributed by atoms with Crippen LogP contribution < -0.4 is 5.32 Å². The number of carboxylic acids is 1. The summed E-state index contributed by atoms with van der Waals surface area (Å²) >= 11 is 0. The molecular weight excluding hydrogens is 166 g/mol. The smallest absolute Gasteiger partial charge is 0.305 e. The Morgan fingerprint density at radius 3 is 2.77 bits per heavy atom. The van der Waals surface area contributed by atoms with Gasteiger partial charge < -0.3 is 10.4 Å². The van der Waals surface area contributed by atoms with Crippen LogP contribution in [-0.2, 0) is 4.79 Å². The molecule has 0 saturated heterocycles. The molecule has 2 N–H and O–H groups in total. The van der Waals surface area contributed by atoms with Crippen molar-refractivity contribution in [2.45, 2.75) is 44.6 Å². The molecule has 0 bridgehead atoms. The normalized spacial score (nSPS) is 33.5. The fourth-order valence-corrected chi connectivity index (χ4v) is 2.35. The third kappa shape index (κ3) is 2.44. The molecule has 3 nitrogen and oxygen atoms in total. The summed E-state index contributed by atoms with van der Waals surface area (Å²) in [7, 11) is 1.88. The highest BCUT2D eigenvalue weighted by molar-refractivity contribution is 5.68. The van der Waals surface area contributed by atoms with Crippen LogP contribution in [0, 0.1) is 5.92 Å². The third-order valence-electron chi connectivity index (χ3n) is 3.31. The Kier molecular flexibility index (Phi) is 3.31. The topological polar surface area (TPSA) is 49.3 Å². The van der Waals surface area contributed by atoms with Crippen LogP contribution in [0.25, 0.3) is 0 Å². The lowest BCUT2D eigenvalue weighted by molar-refractivity contribution is -0.138. The molecule has 1 rings (SSSR count). The van der Waals surface area contributed by atoms with E-state index < -0.39 is 5.97 Å². The van der Waals surface area contributed by atoms with Crippen molar-refractivity contribution in [2.24, 2.45) is 5.92 Å². The number of hydrogen-bond donors (Lipinski definition) is 2. The van der Waals surface area contributed by atoms with E-state index in [1.54, 1.807) is 0 Å². The van der Waals surface area contributed by atoms with Gasteiger partial charge in [-0.2, -0.15) is 0 Å². The van der Waals surface area contributed by atoms with E-state index in [0.29, 0.717) is 5.92 Å². The third-order valence-corrected chi connectivity index (χ3v) is 3.31. The van der Waals surface area contributed by atoms with Crippen LogP contribution in [0.1, 0.15) is 39.0 Å². The van der Waals surface area contributed by atoms with Crippen molar-refractivity contribution in [1.82, 2.24) is 5.32 Å². The Morgan fingerprint density at radius 1 is 1.69 bits per heavy atom. The molecule has 13 heavy (non-hydrogen) atoms. The van der Waals surface area contributed by atoms with Gasteiger partial charge in [-0.3, -0.25) is 4.79 Å². The van der Waals surface area contributed by atoms with E-state index in [1.807, 2.05) is 7.05 Å². The summed E-state index contributed by atoms with van der Waals surface area (Å²) in [4.78, 5) is 10.7. The first-order valence-corrected chi connectivity index (χ1v) is 5.02. The Morgan fingerprint density at radius 2 is 2.38 bits per heavy atom.